The SMILES string of the molecule is Cc1ccc(OCC(=O)c2c(C)c(C#N)c(=O)n(Cc3cccnc3)c2O)cc1C. The van der Waals surface area contributed by atoms with E-state index in [0.29, 0.717) is 11.3 Å². The van der Waals surface area contributed by atoms with Crippen molar-refractivity contribution < 1.29 is 14.6 Å². The van der Waals surface area contributed by atoms with Crippen molar-refractivity contribution in [3.8, 4) is 17.7 Å². The Labute approximate surface area is 173 Å². The Bertz CT molecular complexity index is 1210. The van der Waals surface area contributed by atoms with Gasteiger partial charge < -0.3 is 9.84 Å². The molecule has 2 aromatic heterocycles. The van der Waals surface area contributed by atoms with Crippen LogP contribution in [0, 0.1) is 32.1 Å². The number of rotatable bonds is 6. The van der Waals surface area contributed by atoms with Gasteiger partial charge in [-0.05, 0) is 61.2 Å². The van der Waals surface area contributed by atoms with Gasteiger partial charge in [0.1, 0.15) is 17.4 Å². The summed E-state index contributed by atoms with van der Waals surface area (Å²) in [6.45, 7) is 5.02. The van der Waals surface area contributed by atoms with Crippen LogP contribution in [0.1, 0.15) is 38.2 Å². The largest absolute Gasteiger partial charge is 0.494 e. The number of carbonyl (C=O) groups is 1. The fourth-order valence-electron chi connectivity index (χ4n) is 3.13. The van der Waals surface area contributed by atoms with Crippen molar-refractivity contribution in [3.63, 3.8) is 0 Å². The lowest BCUT2D eigenvalue weighted by atomic mass is 10.0. The third kappa shape index (κ3) is 4.08. The van der Waals surface area contributed by atoms with Gasteiger partial charge in [0.25, 0.3) is 5.56 Å². The van der Waals surface area contributed by atoms with Gasteiger partial charge in [0.05, 0.1) is 12.1 Å². The first-order valence-electron chi connectivity index (χ1n) is 9.32. The van der Waals surface area contributed by atoms with Gasteiger partial charge in [-0.3, -0.25) is 19.1 Å². The molecule has 0 radical (unpaired) electrons. The van der Waals surface area contributed by atoms with Crippen LogP contribution in [0.25, 0.3) is 0 Å². The van der Waals surface area contributed by atoms with Gasteiger partial charge in [-0.2, -0.15) is 5.26 Å². The number of benzene rings is 1. The summed E-state index contributed by atoms with van der Waals surface area (Å²) in [6, 6.07) is 10.7. The molecule has 1 aromatic carbocycles. The van der Waals surface area contributed by atoms with Gasteiger partial charge in [-0.25, -0.2) is 0 Å². The number of pyridine rings is 2. The van der Waals surface area contributed by atoms with E-state index in [0.717, 1.165) is 15.7 Å². The summed E-state index contributed by atoms with van der Waals surface area (Å²) in [5.41, 5.74) is 1.95. The number of hydrogen-bond acceptors (Lipinski definition) is 6. The Morgan fingerprint density at radius 2 is 2.00 bits per heavy atom. The van der Waals surface area contributed by atoms with Gasteiger partial charge >= 0.3 is 0 Å². The first-order valence-corrected chi connectivity index (χ1v) is 9.32. The van der Waals surface area contributed by atoms with Gasteiger partial charge in [0.15, 0.2) is 6.61 Å². The molecule has 1 N–H and O–H groups in total. The topological polar surface area (TPSA) is 105 Å². The summed E-state index contributed by atoms with van der Waals surface area (Å²) in [6.07, 6.45) is 3.13. The highest BCUT2D eigenvalue weighted by molar-refractivity contribution is 6.01. The zero-order chi connectivity index (χ0) is 21.8. The summed E-state index contributed by atoms with van der Waals surface area (Å²) < 4.78 is 6.59. The Balaban J connectivity index is 1.97. The number of Topliss-reactive ketones (excluding diaryl/α,β-unsaturated/α-hetero) is 1. The molecule has 0 bridgehead atoms. The molecule has 0 aliphatic carbocycles. The van der Waals surface area contributed by atoms with Crippen molar-refractivity contribution in [2.24, 2.45) is 0 Å². The predicted molar refractivity (Wildman–Crippen MR) is 111 cm³/mol. The van der Waals surface area contributed by atoms with Gasteiger partial charge in [-0.15, -0.1) is 0 Å². The number of aryl methyl sites for hydroxylation is 2. The average molecular weight is 403 g/mol. The molecule has 0 fully saturated rings. The number of ketones is 1. The van der Waals surface area contributed by atoms with E-state index in [2.05, 4.69) is 4.98 Å². The van der Waals surface area contributed by atoms with Crippen molar-refractivity contribution in [1.29, 1.82) is 5.26 Å². The highest BCUT2D eigenvalue weighted by Gasteiger charge is 2.24. The van der Waals surface area contributed by atoms with Crippen LogP contribution in [0.4, 0.5) is 0 Å². The fraction of sp³-hybridized carbons (Fsp3) is 0.217. The second kappa shape index (κ2) is 8.62. The molecule has 3 rings (SSSR count). The molecule has 2 heterocycles. The number of aromatic nitrogens is 2. The molecule has 30 heavy (non-hydrogen) atoms. The van der Waals surface area contributed by atoms with E-state index in [4.69, 9.17) is 4.74 Å². The minimum atomic E-state index is -0.664. The third-order valence-electron chi connectivity index (χ3n) is 4.99. The van der Waals surface area contributed by atoms with Gasteiger partial charge in [0, 0.05) is 12.4 Å². The smallest absolute Gasteiger partial charge is 0.271 e. The number of nitriles is 1. The standard InChI is InChI=1S/C23H21N3O4/c1-14-6-7-18(9-15(14)2)30-13-20(27)21-16(3)19(10-24)22(28)26(23(21)29)12-17-5-4-8-25-11-17/h4-9,11,29H,12-13H2,1-3H3. The molecule has 0 atom stereocenters. The van der Waals surface area contributed by atoms with Crippen LogP contribution in [-0.2, 0) is 6.54 Å². The zero-order valence-electron chi connectivity index (χ0n) is 17.0. The number of hydrogen-bond donors (Lipinski definition) is 1. The van der Waals surface area contributed by atoms with Crippen molar-refractivity contribution in [1.82, 2.24) is 9.55 Å². The first kappa shape index (κ1) is 20.8. The summed E-state index contributed by atoms with van der Waals surface area (Å²) >= 11 is 0. The molecular formula is C23H21N3O4. The zero-order valence-corrected chi connectivity index (χ0v) is 17.0. The molecule has 152 valence electrons. The minimum absolute atomic E-state index is 0.0221. The first-order chi connectivity index (χ1) is 14.3. The maximum Gasteiger partial charge on any atom is 0.271 e. The quantitative estimate of drug-likeness (QED) is 0.634. The maximum absolute atomic E-state index is 12.9. The van der Waals surface area contributed by atoms with E-state index >= 15 is 0 Å². The highest BCUT2D eigenvalue weighted by atomic mass is 16.5. The molecule has 0 saturated carbocycles. The summed E-state index contributed by atoms with van der Waals surface area (Å²) in [7, 11) is 0. The Hall–Kier alpha value is -3.92. The number of nitrogens with zero attached hydrogens (tertiary/aromatic N) is 3. The molecule has 0 unspecified atom stereocenters. The van der Waals surface area contributed by atoms with E-state index in [1.807, 2.05) is 32.0 Å². The average Bonchev–Trinajstić information content (AvgIpc) is 2.73. The summed E-state index contributed by atoms with van der Waals surface area (Å²) in [4.78, 5) is 29.5. The molecule has 7 nitrogen and oxygen atoms in total. The molecule has 0 aliphatic heterocycles. The van der Waals surface area contributed by atoms with Crippen LogP contribution < -0.4 is 10.3 Å². The predicted octanol–water partition coefficient (Wildman–Crippen LogP) is 3.06. The van der Waals surface area contributed by atoms with Crippen molar-refractivity contribution in [2.45, 2.75) is 27.3 Å². The molecule has 0 saturated heterocycles. The molecular weight excluding hydrogens is 382 g/mol. The summed E-state index contributed by atoms with van der Waals surface area (Å²) in [5.74, 6) is -0.499. The monoisotopic (exact) mass is 403 g/mol. The van der Waals surface area contributed by atoms with Crippen LogP contribution in [0.15, 0.2) is 47.5 Å². The molecule has 0 aliphatic rings. The van der Waals surface area contributed by atoms with Crippen LogP contribution in [0.3, 0.4) is 0 Å². The van der Waals surface area contributed by atoms with Crippen LogP contribution in [0.2, 0.25) is 0 Å². The van der Waals surface area contributed by atoms with Crippen LogP contribution in [0.5, 0.6) is 11.6 Å². The lowest BCUT2D eigenvalue weighted by molar-refractivity contribution is 0.0916. The Morgan fingerprint density at radius 1 is 1.23 bits per heavy atom. The molecule has 0 spiro atoms. The van der Waals surface area contributed by atoms with Crippen LogP contribution in [-0.4, -0.2) is 27.0 Å². The van der Waals surface area contributed by atoms with E-state index in [-0.39, 0.29) is 29.8 Å². The number of carbonyl (C=O) groups excluding carboxylic acids is 1. The Morgan fingerprint density at radius 3 is 2.63 bits per heavy atom. The minimum Gasteiger partial charge on any atom is -0.494 e. The molecule has 3 aromatic rings. The number of ether oxygens (including phenoxy) is 1. The van der Waals surface area contributed by atoms with E-state index < -0.39 is 17.2 Å². The highest BCUT2D eigenvalue weighted by Crippen LogP contribution is 2.24. The molecule has 0 amide bonds. The van der Waals surface area contributed by atoms with Crippen molar-refractivity contribution in [2.75, 3.05) is 6.61 Å². The van der Waals surface area contributed by atoms with Gasteiger partial charge in [-0.1, -0.05) is 12.1 Å². The number of aromatic hydroxyl groups is 1. The fourth-order valence-corrected chi connectivity index (χ4v) is 3.13. The van der Waals surface area contributed by atoms with Gasteiger partial charge in [0.2, 0.25) is 11.7 Å². The van der Waals surface area contributed by atoms with Crippen LogP contribution >= 0.6 is 0 Å². The lowest BCUT2D eigenvalue weighted by Crippen LogP contribution is -2.28. The molecule has 7 heteroatoms. The maximum atomic E-state index is 12.9. The van der Waals surface area contributed by atoms with E-state index in [1.54, 1.807) is 30.6 Å². The van der Waals surface area contributed by atoms with Crippen molar-refractivity contribution in [3.05, 3.63) is 86.5 Å². The summed E-state index contributed by atoms with van der Waals surface area (Å²) in [5, 5.41) is 20.2. The second-order valence-corrected chi connectivity index (χ2v) is 7.02. The van der Waals surface area contributed by atoms with E-state index in [9.17, 15) is 20.0 Å². The normalized spacial score (nSPS) is 10.5. The third-order valence-corrected chi connectivity index (χ3v) is 4.99. The lowest BCUT2D eigenvalue weighted by Gasteiger charge is -2.16. The van der Waals surface area contributed by atoms with E-state index in [1.165, 1.54) is 6.92 Å². The van der Waals surface area contributed by atoms with Crippen molar-refractivity contribution >= 4 is 5.78 Å². The Kier molecular flexibility index (Phi) is 5.98. The second-order valence-electron chi connectivity index (χ2n) is 7.02.